The molecule has 0 unspecified atom stereocenters. The van der Waals surface area contributed by atoms with Crippen LogP contribution < -0.4 is 14.5 Å². The van der Waals surface area contributed by atoms with E-state index in [1.165, 1.54) is 4.31 Å². The maximum Gasteiger partial charge on any atom is 0.243 e. The fraction of sp³-hybridized carbons (Fsp3) is 0.381. The first-order valence-electron chi connectivity index (χ1n) is 9.79. The van der Waals surface area contributed by atoms with Crippen LogP contribution in [0.5, 0.6) is 5.75 Å². The van der Waals surface area contributed by atoms with E-state index in [0.717, 1.165) is 23.5 Å². The van der Waals surface area contributed by atoms with Crippen molar-refractivity contribution in [3.8, 4) is 5.75 Å². The van der Waals surface area contributed by atoms with Gasteiger partial charge >= 0.3 is 0 Å². The van der Waals surface area contributed by atoms with Crippen LogP contribution in [0.3, 0.4) is 0 Å². The summed E-state index contributed by atoms with van der Waals surface area (Å²) in [6.07, 6.45) is 1.39. The van der Waals surface area contributed by atoms with Crippen molar-refractivity contribution in [3.63, 3.8) is 0 Å². The van der Waals surface area contributed by atoms with Crippen LogP contribution in [0.2, 0.25) is 0 Å². The minimum Gasteiger partial charge on any atom is -0.495 e. The quantitative estimate of drug-likeness (QED) is 0.750. The highest BCUT2D eigenvalue weighted by molar-refractivity contribution is 7.89. The van der Waals surface area contributed by atoms with Gasteiger partial charge in [-0.15, -0.1) is 0 Å². The third kappa shape index (κ3) is 3.82. The molecule has 2 saturated heterocycles. The molecule has 2 aromatic carbocycles. The minimum atomic E-state index is -3.57. The Morgan fingerprint density at radius 2 is 1.59 bits per heavy atom. The molecule has 0 atom stereocenters. The van der Waals surface area contributed by atoms with Gasteiger partial charge in [-0.05, 0) is 42.8 Å². The monoisotopic (exact) mass is 415 g/mol. The smallest absolute Gasteiger partial charge is 0.243 e. The van der Waals surface area contributed by atoms with Gasteiger partial charge in [-0.25, -0.2) is 8.42 Å². The summed E-state index contributed by atoms with van der Waals surface area (Å²) >= 11 is 0. The maximum atomic E-state index is 13.1. The van der Waals surface area contributed by atoms with Crippen LogP contribution in [0.15, 0.2) is 53.4 Å². The first-order valence-corrected chi connectivity index (χ1v) is 11.2. The van der Waals surface area contributed by atoms with Gasteiger partial charge in [-0.3, -0.25) is 4.79 Å². The van der Waals surface area contributed by atoms with Crippen LogP contribution in [0.25, 0.3) is 0 Å². The Balaban J connectivity index is 1.45. The zero-order valence-corrected chi connectivity index (χ0v) is 17.3. The molecule has 2 heterocycles. The van der Waals surface area contributed by atoms with Gasteiger partial charge in [0.1, 0.15) is 5.75 Å². The molecule has 0 aliphatic carbocycles. The molecule has 154 valence electrons. The van der Waals surface area contributed by atoms with E-state index in [1.807, 2.05) is 24.3 Å². The number of anilines is 2. The van der Waals surface area contributed by atoms with Crippen molar-refractivity contribution in [2.24, 2.45) is 0 Å². The van der Waals surface area contributed by atoms with Crippen LogP contribution >= 0.6 is 0 Å². The predicted octanol–water partition coefficient (Wildman–Crippen LogP) is 2.33. The Morgan fingerprint density at radius 1 is 0.897 bits per heavy atom. The number of amides is 1. The summed E-state index contributed by atoms with van der Waals surface area (Å²) in [6.45, 7) is 2.70. The van der Waals surface area contributed by atoms with Crippen LogP contribution in [0, 0.1) is 0 Å². The molecule has 0 aromatic heterocycles. The van der Waals surface area contributed by atoms with Crippen molar-refractivity contribution in [1.29, 1.82) is 0 Å². The first kappa shape index (κ1) is 19.7. The molecule has 8 heteroatoms. The van der Waals surface area contributed by atoms with Gasteiger partial charge in [0.2, 0.25) is 15.9 Å². The van der Waals surface area contributed by atoms with E-state index in [4.69, 9.17) is 4.74 Å². The topological polar surface area (TPSA) is 70.2 Å². The summed E-state index contributed by atoms with van der Waals surface area (Å²) < 4.78 is 33.0. The third-order valence-electron chi connectivity index (χ3n) is 5.52. The lowest BCUT2D eigenvalue weighted by Crippen LogP contribution is -2.48. The number of carbonyl (C=O) groups excluding carboxylic acids is 1. The second-order valence-electron chi connectivity index (χ2n) is 7.21. The Hall–Kier alpha value is -2.58. The molecular formula is C21H25N3O4S. The van der Waals surface area contributed by atoms with Crippen LogP contribution in [0.1, 0.15) is 12.8 Å². The fourth-order valence-electron chi connectivity index (χ4n) is 3.93. The summed E-state index contributed by atoms with van der Waals surface area (Å²) in [5.41, 5.74) is 1.74. The lowest BCUT2D eigenvalue weighted by atomic mass is 10.2. The molecule has 2 aliphatic heterocycles. The number of hydrogen-bond donors (Lipinski definition) is 0. The highest BCUT2D eigenvalue weighted by atomic mass is 32.2. The molecule has 2 aromatic rings. The number of benzene rings is 2. The molecular weight excluding hydrogens is 390 g/mol. The fourth-order valence-corrected chi connectivity index (χ4v) is 5.35. The van der Waals surface area contributed by atoms with Crippen molar-refractivity contribution in [1.82, 2.24) is 4.31 Å². The summed E-state index contributed by atoms with van der Waals surface area (Å²) in [7, 11) is -1.93. The van der Waals surface area contributed by atoms with E-state index in [0.29, 0.717) is 39.1 Å². The van der Waals surface area contributed by atoms with E-state index in [-0.39, 0.29) is 10.8 Å². The molecule has 0 bridgehead atoms. The van der Waals surface area contributed by atoms with E-state index < -0.39 is 10.0 Å². The Morgan fingerprint density at radius 3 is 2.21 bits per heavy atom. The average molecular weight is 416 g/mol. The maximum absolute atomic E-state index is 13.1. The number of nitrogens with zero attached hydrogens (tertiary/aromatic N) is 3. The third-order valence-corrected chi connectivity index (χ3v) is 7.44. The van der Waals surface area contributed by atoms with Gasteiger partial charge in [0, 0.05) is 44.8 Å². The van der Waals surface area contributed by atoms with Crippen LogP contribution in [-0.4, -0.2) is 58.5 Å². The second kappa shape index (κ2) is 8.04. The van der Waals surface area contributed by atoms with Gasteiger partial charge in [0.05, 0.1) is 17.7 Å². The number of sulfonamides is 1. The zero-order valence-electron chi connectivity index (χ0n) is 16.5. The summed E-state index contributed by atoms with van der Waals surface area (Å²) in [5.74, 6) is 0.879. The lowest BCUT2D eigenvalue weighted by Gasteiger charge is -2.36. The number of rotatable bonds is 5. The van der Waals surface area contributed by atoms with Crippen LogP contribution in [0.4, 0.5) is 11.4 Å². The highest BCUT2D eigenvalue weighted by Gasteiger charge is 2.30. The van der Waals surface area contributed by atoms with Gasteiger partial charge in [0.25, 0.3) is 0 Å². The molecule has 7 nitrogen and oxygen atoms in total. The molecule has 0 spiro atoms. The van der Waals surface area contributed by atoms with Crippen molar-refractivity contribution >= 4 is 27.3 Å². The van der Waals surface area contributed by atoms with Crippen molar-refractivity contribution in [2.45, 2.75) is 17.7 Å². The Bertz CT molecular complexity index is 983. The SMILES string of the molecule is COc1ccccc1N1CCN(S(=O)(=O)c2ccc(N3CCCC3=O)cc2)CC1. The van der Waals surface area contributed by atoms with E-state index >= 15 is 0 Å². The van der Waals surface area contributed by atoms with Gasteiger partial charge in [-0.2, -0.15) is 4.31 Å². The van der Waals surface area contributed by atoms with Crippen molar-refractivity contribution in [2.75, 3.05) is 49.6 Å². The molecule has 0 N–H and O–H groups in total. The summed E-state index contributed by atoms with van der Waals surface area (Å²) in [4.78, 5) is 16.0. The lowest BCUT2D eigenvalue weighted by molar-refractivity contribution is -0.117. The van der Waals surface area contributed by atoms with Crippen molar-refractivity contribution < 1.29 is 17.9 Å². The second-order valence-corrected chi connectivity index (χ2v) is 9.14. The average Bonchev–Trinajstić information content (AvgIpc) is 3.19. The molecule has 29 heavy (non-hydrogen) atoms. The molecule has 4 rings (SSSR count). The zero-order chi connectivity index (χ0) is 20.4. The standard InChI is InChI=1S/C21H25N3O4S/c1-28-20-6-3-2-5-19(20)22-13-15-23(16-14-22)29(26,27)18-10-8-17(9-11-18)24-12-4-7-21(24)25/h2-3,5-6,8-11H,4,7,12-16H2,1H3. The number of para-hydroxylation sites is 2. The highest BCUT2D eigenvalue weighted by Crippen LogP contribution is 2.30. The number of methoxy groups -OCH3 is 1. The van der Waals surface area contributed by atoms with Gasteiger partial charge in [0.15, 0.2) is 0 Å². The van der Waals surface area contributed by atoms with E-state index in [9.17, 15) is 13.2 Å². The van der Waals surface area contributed by atoms with E-state index in [2.05, 4.69) is 4.90 Å². The molecule has 2 fully saturated rings. The minimum absolute atomic E-state index is 0.0908. The molecule has 1 amide bonds. The van der Waals surface area contributed by atoms with E-state index in [1.54, 1.807) is 36.3 Å². The number of carbonyl (C=O) groups is 1. The number of piperazine rings is 1. The Labute approximate surface area is 171 Å². The largest absolute Gasteiger partial charge is 0.495 e. The molecule has 2 aliphatic rings. The molecule has 0 saturated carbocycles. The number of hydrogen-bond acceptors (Lipinski definition) is 5. The van der Waals surface area contributed by atoms with Crippen molar-refractivity contribution in [3.05, 3.63) is 48.5 Å². The number of ether oxygens (including phenoxy) is 1. The first-order chi connectivity index (χ1) is 14.0. The Kier molecular flexibility index (Phi) is 5.47. The summed E-state index contributed by atoms with van der Waals surface area (Å²) in [6, 6.07) is 14.4. The normalized spacial score (nSPS) is 18.3. The summed E-state index contributed by atoms with van der Waals surface area (Å²) in [5, 5.41) is 0. The van der Waals surface area contributed by atoms with Crippen LogP contribution in [-0.2, 0) is 14.8 Å². The predicted molar refractivity (Wildman–Crippen MR) is 112 cm³/mol. The van der Waals surface area contributed by atoms with Gasteiger partial charge < -0.3 is 14.5 Å². The molecule has 0 radical (unpaired) electrons. The van der Waals surface area contributed by atoms with Gasteiger partial charge in [-0.1, -0.05) is 12.1 Å².